The van der Waals surface area contributed by atoms with Crippen LogP contribution < -0.4 is 0 Å². The van der Waals surface area contributed by atoms with E-state index in [1.54, 1.807) is 0 Å². The van der Waals surface area contributed by atoms with Crippen molar-refractivity contribution in [1.82, 2.24) is 0 Å². The average Bonchev–Trinajstić information content (AvgIpc) is 0.918. The molecule has 0 heterocycles. The fraction of sp³-hybridized carbons (Fsp3) is 0. The van der Waals surface area contributed by atoms with E-state index in [0.717, 1.165) is 0 Å². The van der Waals surface area contributed by atoms with E-state index < -0.39 is 0 Å². The number of rotatable bonds is 0. The van der Waals surface area contributed by atoms with Crippen molar-refractivity contribution in [2.24, 2.45) is 0 Å². The SMILES string of the molecule is [Br][Pb][Br].[OH-]. The molecule has 0 bridgehead atoms. The molecule has 0 spiro atoms. The molecule has 0 saturated carbocycles. The van der Waals surface area contributed by atoms with Crippen LogP contribution in [0.3, 0.4) is 0 Å². The fourth-order valence-electron chi connectivity index (χ4n) is 0. The van der Waals surface area contributed by atoms with Crippen molar-refractivity contribution in [2.45, 2.75) is 0 Å². The van der Waals surface area contributed by atoms with Crippen LogP contribution in [0.4, 0.5) is 0 Å². The van der Waals surface area contributed by atoms with Crippen LogP contribution in [0.1, 0.15) is 0 Å². The van der Waals surface area contributed by atoms with Crippen molar-refractivity contribution < 1.29 is 5.48 Å². The third-order valence-electron chi connectivity index (χ3n) is 0. The minimum Gasteiger partial charge on any atom is -0.870 e. The average molecular weight is 384 g/mol. The van der Waals surface area contributed by atoms with Gasteiger partial charge in [0.1, 0.15) is 0 Å². The molecule has 0 rings (SSSR count). The van der Waals surface area contributed by atoms with Crippen molar-refractivity contribution >= 4 is 43.4 Å². The monoisotopic (exact) mass is 383 g/mol. The zero-order valence-electron chi connectivity index (χ0n) is 1.70. The Morgan fingerprint density at radius 2 is 1.25 bits per heavy atom. The first-order chi connectivity index (χ1) is 1.41. The molecule has 0 fully saturated rings. The molecule has 4 heavy (non-hydrogen) atoms. The fourth-order valence-corrected chi connectivity index (χ4v) is 0. The maximum atomic E-state index is 3.26. The van der Waals surface area contributed by atoms with E-state index in [9.17, 15) is 0 Å². The van der Waals surface area contributed by atoms with Crippen LogP contribution in [0.5, 0.6) is 0 Å². The second kappa shape index (κ2) is 8.85. The van der Waals surface area contributed by atoms with E-state index in [1.807, 2.05) is 0 Å². The Bertz CT molecular complexity index is 6.00. The molecule has 2 radical (unpaired) electrons. The van der Waals surface area contributed by atoms with Crippen LogP contribution in [0.15, 0.2) is 0 Å². The molecule has 0 saturated heterocycles. The Kier molecular flexibility index (Phi) is 20.5. The third-order valence-corrected chi connectivity index (χ3v) is 0. The zero-order valence-corrected chi connectivity index (χ0v) is 8.76. The Hall–Kier alpha value is 1.84. The predicted molar refractivity (Wildman–Crippen MR) is 25.5 cm³/mol. The first-order valence-corrected chi connectivity index (χ1v) is 17.2. The number of halogens is 2. The van der Waals surface area contributed by atoms with Gasteiger partial charge in [0.25, 0.3) is 0 Å². The molecular formula is HBr2OPb-. The summed E-state index contributed by atoms with van der Waals surface area (Å²) >= 11 is 6.22. The predicted octanol–water partition coefficient (Wildman–Crippen LogP) is 1.13. The first-order valence-electron chi connectivity index (χ1n) is 0.378. The van der Waals surface area contributed by atoms with Crippen LogP contribution >= 0.6 is 24.0 Å². The van der Waals surface area contributed by atoms with Gasteiger partial charge in [-0.3, -0.25) is 0 Å². The molecule has 0 aliphatic heterocycles. The molecule has 1 N–H and O–H groups in total. The van der Waals surface area contributed by atoms with Crippen LogP contribution in [-0.2, 0) is 0 Å². The van der Waals surface area contributed by atoms with Gasteiger partial charge in [0, 0.05) is 0 Å². The van der Waals surface area contributed by atoms with Crippen LogP contribution in [-0.4, -0.2) is 24.9 Å². The summed E-state index contributed by atoms with van der Waals surface area (Å²) in [6.07, 6.45) is 0. The van der Waals surface area contributed by atoms with Gasteiger partial charge in [-0.25, -0.2) is 0 Å². The Balaban J connectivity index is 0. The molecule has 0 atom stereocenters. The molecule has 0 unspecified atom stereocenters. The van der Waals surface area contributed by atoms with Gasteiger partial charge in [-0.2, -0.15) is 0 Å². The van der Waals surface area contributed by atoms with E-state index in [0.29, 0.717) is 0 Å². The van der Waals surface area contributed by atoms with Gasteiger partial charge in [0.05, 0.1) is 0 Å². The number of hydrogen-bond donors (Lipinski definition) is 0. The van der Waals surface area contributed by atoms with Crippen LogP contribution in [0.25, 0.3) is 0 Å². The molecule has 0 amide bonds. The zero-order chi connectivity index (χ0) is 2.71. The van der Waals surface area contributed by atoms with E-state index in [2.05, 4.69) is 24.0 Å². The summed E-state index contributed by atoms with van der Waals surface area (Å²) in [6, 6.07) is 0. The Morgan fingerprint density at radius 1 is 1.25 bits per heavy atom. The summed E-state index contributed by atoms with van der Waals surface area (Å²) in [6.45, 7) is 0. The second-order valence-corrected chi connectivity index (χ2v) is 16.9. The molecule has 1 nitrogen and oxygen atoms in total. The molecule has 0 aromatic rings. The van der Waals surface area contributed by atoms with Crippen molar-refractivity contribution in [3.05, 3.63) is 0 Å². The molecule has 26 valence electrons. The van der Waals surface area contributed by atoms with Gasteiger partial charge in [-0.15, -0.1) is 0 Å². The maximum Gasteiger partial charge on any atom is -0.870 e. The summed E-state index contributed by atoms with van der Waals surface area (Å²) in [5, 5.41) is 0. The van der Waals surface area contributed by atoms with Gasteiger partial charge in [0.15, 0.2) is 0 Å². The summed E-state index contributed by atoms with van der Waals surface area (Å²) < 4.78 is 0. The normalized spacial score (nSPS) is 4.50. The summed E-state index contributed by atoms with van der Waals surface area (Å²) in [4.78, 5) is 0. The molecule has 0 aromatic heterocycles. The minimum atomic E-state index is -0.292. The van der Waals surface area contributed by atoms with E-state index in [1.165, 1.54) is 0 Å². The quantitative estimate of drug-likeness (QED) is 0.577. The number of hydrogen-bond acceptors (Lipinski definition) is 1. The topological polar surface area (TPSA) is 30.0 Å². The minimum absolute atomic E-state index is 0. The van der Waals surface area contributed by atoms with Crippen molar-refractivity contribution in [2.75, 3.05) is 0 Å². The molecule has 0 aliphatic rings. The van der Waals surface area contributed by atoms with Crippen molar-refractivity contribution in [3.8, 4) is 0 Å². The van der Waals surface area contributed by atoms with Crippen LogP contribution in [0, 0.1) is 0 Å². The third kappa shape index (κ3) is 9.15. The smallest absolute Gasteiger partial charge is 0.870 e. The Labute approximate surface area is 48.3 Å². The summed E-state index contributed by atoms with van der Waals surface area (Å²) in [5.74, 6) is 0. The van der Waals surface area contributed by atoms with Crippen molar-refractivity contribution in [3.63, 3.8) is 0 Å². The summed E-state index contributed by atoms with van der Waals surface area (Å²) in [5.41, 5.74) is 0. The Morgan fingerprint density at radius 3 is 1.25 bits per heavy atom. The van der Waals surface area contributed by atoms with Crippen LogP contribution in [0.2, 0.25) is 0 Å². The first kappa shape index (κ1) is 9.28. The van der Waals surface area contributed by atoms with Crippen molar-refractivity contribution in [1.29, 1.82) is 0 Å². The molecule has 0 aromatic carbocycles. The van der Waals surface area contributed by atoms with Gasteiger partial charge >= 0.3 is 43.4 Å². The molecule has 0 aliphatic carbocycles. The largest absolute Gasteiger partial charge is 0.870 e. The van der Waals surface area contributed by atoms with E-state index >= 15 is 0 Å². The molecule has 4 heteroatoms. The van der Waals surface area contributed by atoms with Gasteiger partial charge in [-0.1, -0.05) is 0 Å². The molecular weight excluding hydrogens is 383 g/mol. The second-order valence-electron chi connectivity index (χ2n) is 0.0714. The van der Waals surface area contributed by atoms with Gasteiger partial charge in [0.2, 0.25) is 0 Å². The van der Waals surface area contributed by atoms with Gasteiger partial charge < -0.3 is 5.48 Å². The van der Waals surface area contributed by atoms with Gasteiger partial charge in [-0.05, 0) is 0 Å². The summed E-state index contributed by atoms with van der Waals surface area (Å²) in [7, 11) is 0. The maximum absolute atomic E-state index is 3.26. The van der Waals surface area contributed by atoms with E-state index in [4.69, 9.17) is 0 Å². The standard InChI is InChI=1S/2BrH.H2O.Pb/h2*1H;1H2;/q;;;+2/p-3. The van der Waals surface area contributed by atoms with E-state index in [-0.39, 0.29) is 24.9 Å².